The second-order valence-electron chi connectivity index (χ2n) is 6.72. The Bertz CT molecular complexity index is 1070. The molecule has 2 aromatic heterocycles. The van der Waals surface area contributed by atoms with E-state index in [9.17, 15) is 5.11 Å². The first kappa shape index (κ1) is 18.8. The molecule has 0 amide bonds. The lowest BCUT2D eigenvalue weighted by Gasteiger charge is -2.20. The number of nitriles is 1. The number of aryl methyl sites for hydroxylation is 1. The highest BCUT2D eigenvalue weighted by Gasteiger charge is 2.29. The van der Waals surface area contributed by atoms with Crippen LogP contribution < -0.4 is 14.4 Å². The first-order valence-corrected chi connectivity index (χ1v) is 9.20. The molecule has 0 fully saturated rings. The van der Waals surface area contributed by atoms with Gasteiger partial charge in [0.15, 0.2) is 12.0 Å². The highest BCUT2D eigenvalue weighted by molar-refractivity contribution is 5.68. The molecule has 1 aliphatic heterocycles. The van der Waals surface area contributed by atoms with Crippen LogP contribution in [0.15, 0.2) is 42.9 Å². The Labute approximate surface area is 168 Å². The number of ether oxygens (including phenoxy) is 2. The van der Waals surface area contributed by atoms with E-state index in [1.165, 1.54) is 0 Å². The molecule has 0 aliphatic carbocycles. The Balaban J connectivity index is 1.60. The molecule has 0 radical (unpaired) electrons. The summed E-state index contributed by atoms with van der Waals surface area (Å²) in [7, 11) is 3.13. The van der Waals surface area contributed by atoms with Crippen LogP contribution in [0.5, 0.6) is 11.6 Å². The minimum absolute atomic E-state index is 0.395. The Morgan fingerprint density at radius 2 is 2.07 bits per heavy atom. The summed E-state index contributed by atoms with van der Waals surface area (Å²) < 4.78 is 12.3. The smallest absolute Gasteiger partial charge is 0.256 e. The normalized spacial score (nSPS) is 15.1. The molecule has 1 atom stereocenters. The van der Waals surface area contributed by atoms with Crippen molar-refractivity contribution in [1.29, 1.82) is 5.26 Å². The van der Waals surface area contributed by atoms with E-state index in [-0.39, 0.29) is 0 Å². The molecule has 8 heteroatoms. The standard InChI is InChI=1S/C21H21N5O3/c1-28-19-9-15(10-23-20(19)29-2)14-4-5-18-16(8-14)12-26(21(18)27)17-11-24-25(13-17)7-3-6-22/h4-5,8-11,13,21,27H,3,7,12H2,1-2H3. The van der Waals surface area contributed by atoms with Crippen LogP contribution in [0.2, 0.25) is 0 Å². The summed E-state index contributed by atoms with van der Waals surface area (Å²) in [6.45, 7) is 1.10. The van der Waals surface area contributed by atoms with Crippen LogP contribution in [0, 0.1) is 11.3 Å². The van der Waals surface area contributed by atoms with Crippen LogP contribution in [0.25, 0.3) is 11.1 Å². The third-order valence-corrected chi connectivity index (χ3v) is 5.03. The second-order valence-corrected chi connectivity index (χ2v) is 6.72. The van der Waals surface area contributed by atoms with Gasteiger partial charge >= 0.3 is 0 Å². The number of methoxy groups -OCH3 is 2. The third kappa shape index (κ3) is 3.48. The molecule has 1 N–H and O–H groups in total. The Morgan fingerprint density at radius 3 is 2.83 bits per heavy atom. The van der Waals surface area contributed by atoms with Crippen molar-refractivity contribution < 1.29 is 14.6 Å². The lowest BCUT2D eigenvalue weighted by molar-refractivity contribution is 0.181. The van der Waals surface area contributed by atoms with E-state index in [2.05, 4.69) is 22.2 Å². The van der Waals surface area contributed by atoms with E-state index in [1.807, 2.05) is 29.3 Å². The maximum Gasteiger partial charge on any atom is 0.256 e. The van der Waals surface area contributed by atoms with Crippen molar-refractivity contribution in [3.63, 3.8) is 0 Å². The van der Waals surface area contributed by atoms with E-state index >= 15 is 0 Å². The van der Waals surface area contributed by atoms with E-state index < -0.39 is 6.23 Å². The first-order valence-electron chi connectivity index (χ1n) is 9.20. The summed E-state index contributed by atoms with van der Waals surface area (Å²) >= 11 is 0. The summed E-state index contributed by atoms with van der Waals surface area (Å²) in [5.74, 6) is 1.00. The lowest BCUT2D eigenvalue weighted by Crippen LogP contribution is -2.20. The topological polar surface area (TPSA) is 96.4 Å². The average Bonchev–Trinajstić information content (AvgIpc) is 3.35. The van der Waals surface area contributed by atoms with Crippen molar-refractivity contribution in [3.8, 4) is 28.8 Å². The maximum absolute atomic E-state index is 10.8. The van der Waals surface area contributed by atoms with Crippen LogP contribution in [-0.4, -0.2) is 34.1 Å². The minimum atomic E-state index is -0.740. The van der Waals surface area contributed by atoms with Gasteiger partial charge in [0.1, 0.15) is 0 Å². The van der Waals surface area contributed by atoms with Gasteiger partial charge in [0.2, 0.25) is 0 Å². The molecular weight excluding hydrogens is 370 g/mol. The second kappa shape index (κ2) is 7.81. The molecule has 0 bridgehead atoms. The number of nitrogens with zero attached hydrogens (tertiary/aromatic N) is 5. The van der Waals surface area contributed by atoms with Crippen LogP contribution in [0.1, 0.15) is 23.8 Å². The summed E-state index contributed by atoms with van der Waals surface area (Å²) in [6.07, 6.45) is 4.96. The molecular formula is C21H21N5O3. The number of aromatic nitrogens is 3. The number of anilines is 1. The molecule has 1 unspecified atom stereocenters. The van der Waals surface area contributed by atoms with Crippen molar-refractivity contribution in [1.82, 2.24) is 14.8 Å². The highest BCUT2D eigenvalue weighted by Crippen LogP contribution is 2.38. The fourth-order valence-corrected chi connectivity index (χ4v) is 3.52. The number of aliphatic hydroxyl groups is 1. The van der Waals surface area contributed by atoms with Gasteiger partial charge in [-0.15, -0.1) is 0 Å². The lowest BCUT2D eigenvalue weighted by atomic mass is 10.0. The van der Waals surface area contributed by atoms with Crippen molar-refractivity contribution >= 4 is 5.69 Å². The highest BCUT2D eigenvalue weighted by atomic mass is 16.5. The molecule has 3 heterocycles. The SMILES string of the molecule is COc1cc(-c2ccc3c(c2)CN(c2cnn(CCC#N)c2)C3O)cnc1OC. The number of aliphatic hydroxyl groups excluding tert-OH is 1. The third-order valence-electron chi connectivity index (χ3n) is 5.03. The molecule has 29 heavy (non-hydrogen) atoms. The number of rotatable bonds is 6. The van der Waals surface area contributed by atoms with Gasteiger partial charge < -0.3 is 19.5 Å². The summed E-state index contributed by atoms with van der Waals surface area (Å²) in [5.41, 5.74) is 4.61. The first-order chi connectivity index (χ1) is 14.1. The van der Waals surface area contributed by atoms with E-state index in [4.69, 9.17) is 14.7 Å². The molecule has 3 aromatic rings. The van der Waals surface area contributed by atoms with Gasteiger partial charge in [0.05, 0.1) is 45.1 Å². The van der Waals surface area contributed by atoms with Crippen molar-refractivity contribution in [2.24, 2.45) is 0 Å². The van der Waals surface area contributed by atoms with Gasteiger partial charge in [-0.05, 0) is 23.3 Å². The Morgan fingerprint density at radius 1 is 1.21 bits per heavy atom. The minimum Gasteiger partial charge on any atom is -0.491 e. The zero-order chi connectivity index (χ0) is 20.4. The average molecular weight is 391 g/mol. The monoisotopic (exact) mass is 391 g/mol. The molecule has 1 aromatic carbocycles. The summed E-state index contributed by atoms with van der Waals surface area (Å²) in [6, 6.07) is 9.95. The fourth-order valence-electron chi connectivity index (χ4n) is 3.52. The van der Waals surface area contributed by atoms with Gasteiger partial charge in [-0.1, -0.05) is 12.1 Å². The Hall–Kier alpha value is -3.57. The zero-order valence-corrected chi connectivity index (χ0v) is 16.2. The molecule has 0 spiro atoms. The zero-order valence-electron chi connectivity index (χ0n) is 16.2. The van der Waals surface area contributed by atoms with Crippen molar-refractivity contribution in [2.75, 3.05) is 19.1 Å². The predicted molar refractivity (Wildman–Crippen MR) is 106 cm³/mol. The van der Waals surface area contributed by atoms with Crippen molar-refractivity contribution in [3.05, 3.63) is 54.0 Å². The van der Waals surface area contributed by atoms with Crippen LogP contribution in [-0.2, 0) is 13.1 Å². The molecule has 148 valence electrons. The van der Waals surface area contributed by atoms with Gasteiger partial charge in [-0.25, -0.2) is 4.98 Å². The number of pyridine rings is 1. The quantitative estimate of drug-likeness (QED) is 0.690. The van der Waals surface area contributed by atoms with E-state index in [0.29, 0.717) is 31.1 Å². The van der Waals surface area contributed by atoms with Crippen molar-refractivity contribution in [2.45, 2.75) is 25.7 Å². The largest absolute Gasteiger partial charge is 0.491 e. The van der Waals surface area contributed by atoms with Gasteiger partial charge in [-0.3, -0.25) is 4.68 Å². The summed E-state index contributed by atoms with van der Waals surface area (Å²) in [5, 5.41) is 23.8. The van der Waals surface area contributed by atoms with Gasteiger partial charge in [0.25, 0.3) is 5.88 Å². The summed E-state index contributed by atoms with van der Waals surface area (Å²) in [4.78, 5) is 6.19. The number of hydrogen-bond donors (Lipinski definition) is 1. The number of hydrogen-bond acceptors (Lipinski definition) is 7. The van der Waals surface area contributed by atoms with E-state index in [0.717, 1.165) is 27.9 Å². The maximum atomic E-state index is 10.8. The molecule has 4 rings (SSSR count). The van der Waals surface area contributed by atoms with Gasteiger partial charge in [0, 0.05) is 30.1 Å². The Kier molecular flexibility index (Phi) is 5.06. The fraction of sp³-hybridized carbons (Fsp3) is 0.286. The van der Waals surface area contributed by atoms with E-state index in [1.54, 1.807) is 31.3 Å². The molecule has 0 saturated carbocycles. The van der Waals surface area contributed by atoms with Crippen LogP contribution in [0.4, 0.5) is 5.69 Å². The van der Waals surface area contributed by atoms with Crippen LogP contribution in [0.3, 0.4) is 0 Å². The van der Waals surface area contributed by atoms with Crippen LogP contribution >= 0.6 is 0 Å². The molecule has 8 nitrogen and oxygen atoms in total. The number of benzene rings is 1. The molecule has 1 aliphatic rings. The predicted octanol–water partition coefficient (Wildman–Crippen LogP) is 2.89. The van der Waals surface area contributed by atoms with Gasteiger partial charge in [-0.2, -0.15) is 10.4 Å². The number of fused-ring (bicyclic) bond motifs is 1. The molecule has 0 saturated heterocycles.